The summed E-state index contributed by atoms with van der Waals surface area (Å²) in [5.41, 5.74) is 8.20. The zero-order chi connectivity index (χ0) is 14.9. The number of hydrogen-bond donors (Lipinski definition) is 1. The number of rotatable bonds is 3. The number of nitrogens with two attached hydrogens (primary N) is 1. The molecule has 2 N–H and O–H groups in total. The summed E-state index contributed by atoms with van der Waals surface area (Å²) in [5, 5.41) is 11.0. The van der Waals surface area contributed by atoms with Gasteiger partial charge in [0, 0.05) is 6.07 Å². The van der Waals surface area contributed by atoms with Crippen LogP contribution in [0.25, 0.3) is 0 Å². The summed E-state index contributed by atoms with van der Waals surface area (Å²) in [7, 11) is 0. The van der Waals surface area contributed by atoms with Gasteiger partial charge in [-0.1, -0.05) is 12.1 Å². The maximum Gasteiger partial charge on any atom is 0.331 e. The number of hydrogen-bond acceptors (Lipinski definition) is 5. The fourth-order valence-corrected chi connectivity index (χ4v) is 1.84. The van der Waals surface area contributed by atoms with Crippen molar-refractivity contribution in [1.29, 1.82) is 0 Å². The Kier molecular flexibility index (Phi) is 3.56. The minimum Gasteiger partial charge on any atom is -0.433 e. The standard InChI is InChI=1S/C14H15N3O3/c1-8-4-5-9(2)13(10(8)3)20-14-11(17(18)19)6-7-12(15)16-14/h4-7H,1-3H3,(H2,15,16). The Morgan fingerprint density at radius 2 is 1.80 bits per heavy atom. The highest BCUT2D eigenvalue weighted by Gasteiger charge is 2.19. The Bertz CT molecular complexity index is 684. The van der Waals surface area contributed by atoms with Crippen LogP contribution in [0.3, 0.4) is 0 Å². The molecule has 0 unspecified atom stereocenters. The molecule has 1 heterocycles. The first-order valence-electron chi connectivity index (χ1n) is 6.05. The van der Waals surface area contributed by atoms with E-state index in [1.54, 1.807) is 0 Å². The third-order valence-corrected chi connectivity index (χ3v) is 3.13. The van der Waals surface area contributed by atoms with Crippen LogP contribution in [-0.4, -0.2) is 9.91 Å². The number of anilines is 1. The number of aryl methyl sites for hydroxylation is 2. The van der Waals surface area contributed by atoms with Gasteiger partial charge in [0.15, 0.2) is 0 Å². The fraction of sp³-hybridized carbons (Fsp3) is 0.214. The Morgan fingerprint density at radius 3 is 2.45 bits per heavy atom. The average molecular weight is 273 g/mol. The smallest absolute Gasteiger partial charge is 0.331 e. The zero-order valence-corrected chi connectivity index (χ0v) is 11.5. The van der Waals surface area contributed by atoms with Gasteiger partial charge in [0.05, 0.1) is 4.92 Å². The van der Waals surface area contributed by atoms with E-state index in [4.69, 9.17) is 10.5 Å². The fourth-order valence-electron chi connectivity index (χ4n) is 1.84. The van der Waals surface area contributed by atoms with Gasteiger partial charge in [0.25, 0.3) is 0 Å². The van der Waals surface area contributed by atoms with Gasteiger partial charge in [-0.05, 0) is 43.5 Å². The first-order chi connectivity index (χ1) is 9.40. The number of nitrogen functional groups attached to an aromatic ring is 1. The molecule has 20 heavy (non-hydrogen) atoms. The van der Waals surface area contributed by atoms with Gasteiger partial charge in [-0.25, -0.2) is 0 Å². The van der Waals surface area contributed by atoms with E-state index >= 15 is 0 Å². The van der Waals surface area contributed by atoms with Gasteiger partial charge in [-0.15, -0.1) is 0 Å². The number of benzene rings is 1. The monoisotopic (exact) mass is 273 g/mol. The molecule has 0 radical (unpaired) electrons. The highest BCUT2D eigenvalue weighted by atomic mass is 16.6. The molecule has 0 amide bonds. The summed E-state index contributed by atoms with van der Waals surface area (Å²) in [6, 6.07) is 6.54. The minimum absolute atomic E-state index is 0.0909. The largest absolute Gasteiger partial charge is 0.433 e. The van der Waals surface area contributed by atoms with Gasteiger partial charge in [-0.3, -0.25) is 10.1 Å². The molecule has 1 aromatic carbocycles. The topological polar surface area (TPSA) is 91.3 Å². The minimum atomic E-state index is -0.539. The van der Waals surface area contributed by atoms with Gasteiger partial charge in [0.1, 0.15) is 11.6 Å². The maximum absolute atomic E-state index is 11.0. The Hall–Kier alpha value is -2.63. The van der Waals surface area contributed by atoms with Crippen molar-refractivity contribution in [2.45, 2.75) is 20.8 Å². The first-order valence-corrected chi connectivity index (χ1v) is 6.05. The molecule has 0 aliphatic heterocycles. The van der Waals surface area contributed by atoms with Crippen LogP contribution < -0.4 is 10.5 Å². The number of nitro groups is 1. The molecular weight excluding hydrogens is 258 g/mol. The number of pyridine rings is 1. The zero-order valence-electron chi connectivity index (χ0n) is 11.5. The van der Waals surface area contributed by atoms with Crippen molar-refractivity contribution in [2.75, 3.05) is 5.73 Å². The lowest BCUT2D eigenvalue weighted by atomic mass is 10.1. The van der Waals surface area contributed by atoms with Crippen molar-refractivity contribution < 1.29 is 9.66 Å². The molecular formula is C14H15N3O3. The summed E-state index contributed by atoms with van der Waals surface area (Å²) in [6.45, 7) is 5.72. The molecule has 0 saturated carbocycles. The van der Waals surface area contributed by atoms with Gasteiger partial charge < -0.3 is 10.5 Å². The number of aromatic nitrogens is 1. The van der Waals surface area contributed by atoms with E-state index in [0.717, 1.165) is 16.7 Å². The lowest BCUT2D eigenvalue weighted by Crippen LogP contribution is -2.01. The summed E-state index contributed by atoms with van der Waals surface area (Å²) < 4.78 is 5.66. The van der Waals surface area contributed by atoms with Gasteiger partial charge >= 0.3 is 11.6 Å². The molecule has 6 nitrogen and oxygen atoms in total. The Labute approximate surface area is 116 Å². The second kappa shape index (κ2) is 5.16. The molecule has 2 aromatic rings. The quantitative estimate of drug-likeness (QED) is 0.684. The molecule has 6 heteroatoms. The van der Waals surface area contributed by atoms with Gasteiger partial charge in [-0.2, -0.15) is 4.98 Å². The molecule has 0 aliphatic rings. The number of ether oxygens (including phenoxy) is 1. The molecule has 1 aromatic heterocycles. The molecule has 0 bridgehead atoms. The van der Waals surface area contributed by atoms with Crippen molar-refractivity contribution in [3.63, 3.8) is 0 Å². The molecule has 0 saturated heterocycles. The molecule has 0 fully saturated rings. The molecule has 0 spiro atoms. The average Bonchev–Trinajstić information content (AvgIpc) is 2.39. The predicted molar refractivity (Wildman–Crippen MR) is 76.0 cm³/mol. The summed E-state index contributed by atoms with van der Waals surface area (Å²) in [4.78, 5) is 14.4. The van der Waals surface area contributed by atoms with Crippen molar-refractivity contribution in [3.05, 3.63) is 51.1 Å². The van der Waals surface area contributed by atoms with E-state index in [1.165, 1.54) is 12.1 Å². The lowest BCUT2D eigenvalue weighted by molar-refractivity contribution is -0.386. The van der Waals surface area contributed by atoms with E-state index in [-0.39, 0.29) is 17.4 Å². The van der Waals surface area contributed by atoms with E-state index in [9.17, 15) is 10.1 Å². The highest BCUT2D eigenvalue weighted by Crippen LogP contribution is 2.34. The highest BCUT2D eigenvalue weighted by molar-refractivity contribution is 5.52. The SMILES string of the molecule is Cc1ccc(C)c(Oc2nc(N)ccc2[N+](=O)[O-])c1C. The van der Waals surface area contributed by atoms with Crippen molar-refractivity contribution in [1.82, 2.24) is 4.98 Å². The van der Waals surface area contributed by atoms with Crippen molar-refractivity contribution >= 4 is 11.5 Å². The summed E-state index contributed by atoms with van der Waals surface area (Å²) in [6.07, 6.45) is 0. The summed E-state index contributed by atoms with van der Waals surface area (Å²) in [5.74, 6) is 0.659. The molecule has 2 rings (SSSR count). The van der Waals surface area contributed by atoms with Crippen molar-refractivity contribution in [2.24, 2.45) is 0 Å². The normalized spacial score (nSPS) is 10.3. The van der Waals surface area contributed by atoms with Crippen molar-refractivity contribution in [3.8, 4) is 11.6 Å². The third kappa shape index (κ3) is 2.54. The summed E-state index contributed by atoms with van der Waals surface area (Å²) >= 11 is 0. The Balaban J connectivity index is 2.53. The molecule has 104 valence electrons. The van der Waals surface area contributed by atoms with Crippen LogP contribution in [0.5, 0.6) is 11.6 Å². The van der Waals surface area contributed by atoms with Crippen LogP contribution in [0.2, 0.25) is 0 Å². The third-order valence-electron chi connectivity index (χ3n) is 3.13. The van der Waals surface area contributed by atoms with Gasteiger partial charge in [0.2, 0.25) is 0 Å². The second-order valence-corrected chi connectivity index (χ2v) is 4.57. The van der Waals surface area contributed by atoms with Crippen LogP contribution in [-0.2, 0) is 0 Å². The first kappa shape index (κ1) is 13.8. The predicted octanol–water partition coefficient (Wildman–Crippen LogP) is 3.29. The van der Waals surface area contributed by atoms with Crippen LogP contribution in [0.15, 0.2) is 24.3 Å². The van der Waals surface area contributed by atoms with E-state index in [0.29, 0.717) is 5.75 Å². The maximum atomic E-state index is 11.0. The number of nitrogens with zero attached hydrogens (tertiary/aromatic N) is 2. The molecule has 0 aliphatic carbocycles. The Morgan fingerprint density at radius 1 is 1.15 bits per heavy atom. The molecule has 0 atom stereocenters. The lowest BCUT2D eigenvalue weighted by Gasteiger charge is -2.13. The second-order valence-electron chi connectivity index (χ2n) is 4.57. The van der Waals surface area contributed by atoms with Crippen LogP contribution in [0.4, 0.5) is 11.5 Å². The van der Waals surface area contributed by atoms with Crippen LogP contribution in [0.1, 0.15) is 16.7 Å². The van der Waals surface area contributed by atoms with Crippen LogP contribution in [0, 0.1) is 30.9 Å². The van der Waals surface area contributed by atoms with E-state index in [2.05, 4.69) is 4.98 Å². The van der Waals surface area contributed by atoms with E-state index < -0.39 is 4.92 Å². The van der Waals surface area contributed by atoms with Crippen LogP contribution >= 0.6 is 0 Å². The van der Waals surface area contributed by atoms with E-state index in [1.807, 2.05) is 32.9 Å².